The molecule has 0 saturated heterocycles. The van der Waals surface area contributed by atoms with E-state index in [9.17, 15) is 0 Å². The number of benzene rings is 10. The normalized spacial score (nSPS) is 12.1. The molecule has 250 valence electrons. The number of hydrogen-bond donors (Lipinski definition) is 0. The molecule has 0 aliphatic carbocycles. The smallest absolute Gasteiger partial charge is 0.143 e. The summed E-state index contributed by atoms with van der Waals surface area (Å²) in [7, 11) is 0. The van der Waals surface area contributed by atoms with Crippen LogP contribution in [0.15, 0.2) is 191 Å². The van der Waals surface area contributed by atoms with Crippen molar-refractivity contribution in [3.8, 4) is 44.5 Å². The first-order valence-corrected chi connectivity index (χ1v) is 18.5. The standard InChI is InChI=1S/C52H30O2/c1-3-16-47-41(10-1)45-14-6-12-39(51(45)53-47)32-20-18-31(19-21-32)37-26-22-33-25-29-44-38(27-23-34-24-28-43(37)49(33)50(34)44)35-8-5-9-36(30-35)40-13-7-15-46-42-11-2-4-17-48(42)54-52(40)46/h1-30H. The van der Waals surface area contributed by atoms with Crippen LogP contribution in [-0.4, -0.2) is 0 Å². The van der Waals surface area contributed by atoms with Crippen molar-refractivity contribution in [1.29, 1.82) is 0 Å². The first-order chi connectivity index (χ1) is 26.8. The fourth-order valence-electron chi connectivity index (χ4n) is 8.94. The highest BCUT2D eigenvalue weighted by Crippen LogP contribution is 2.44. The van der Waals surface area contributed by atoms with Gasteiger partial charge in [0.1, 0.15) is 22.3 Å². The molecule has 0 amide bonds. The molecule has 0 N–H and O–H groups in total. The van der Waals surface area contributed by atoms with E-state index in [2.05, 4.69) is 158 Å². The summed E-state index contributed by atoms with van der Waals surface area (Å²) < 4.78 is 12.8. The molecule has 10 aromatic carbocycles. The molecule has 0 radical (unpaired) electrons. The molecule has 0 atom stereocenters. The Morgan fingerprint density at radius 3 is 1.26 bits per heavy atom. The minimum Gasteiger partial charge on any atom is -0.455 e. The summed E-state index contributed by atoms with van der Waals surface area (Å²) in [6.07, 6.45) is 0. The Bertz CT molecular complexity index is 3430. The van der Waals surface area contributed by atoms with E-state index in [1.807, 2.05) is 24.3 Å². The second-order valence-corrected chi connectivity index (χ2v) is 14.4. The van der Waals surface area contributed by atoms with Crippen LogP contribution in [0.3, 0.4) is 0 Å². The van der Waals surface area contributed by atoms with Gasteiger partial charge in [-0.15, -0.1) is 0 Å². The maximum absolute atomic E-state index is 6.43. The van der Waals surface area contributed by atoms with E-state index < -0.39 is 0 Å². The molecule has 0 aliphatic rings. The van der Waals surface area contributed by atoms with Gasteiger partial charge < -0.3 is 8.83 Å². The van der Waals surface area contributed by atoms with E-state index in [0.29, 0.717) is 0 Å². The fraction of sp³-hybridized carbons (Fsp3) is 0. The molecular weight excluding hydrogens is 657 g/mol. The van der Waals surface area contributed by atoms with Gasteiger partial charge in [-0.3, -0.25) is 0 Å². The van der Waals surface area contributed by atoms with Gasteiger partial charge in [0.05, 0.1) is 0 Å². The van der Waals surface area contributed by atoms with Crippen LogP contribution in [0, 0.1) is 0 Å². The van der Waals surface area contributed by atoms with Crippen LogP contribution in [0.2, 0.25) is 0 Å². The third kappa shape index (κ3) is 4.22. The van der Waals surface area contributed by atoms with Crippen molar-refractivity contribution in [2.45, 2.75) is 0 Å². The molecular formula is C52H30O2. The fourth-order valence-corrected chi connectivity index (χ4v) is 8.94. The highest BCUT2D eigenvalue weighted by Gasteiger charge is 2.18. The van der Waals surface area contributed by atoms with Crippen molar-refractivity contribution in [1.82, 2.24) is 0 Å². The lowest BCUT2D eigenvalue weighted by Gasteiger charge is -2.17. The van der Waals surface area contributed by atoms with Crippen molar-refractivity contribution >= 4 is 76.2 Å². The molecule has 0 aliphatic heterocycles. The predicted molar refractivity (Wildman–Crippen MR) is 226 cm³/mol. The van der Waals surface area contributed by atoms with Gasteiger partial charge in [0, 0.05) is 32.7 Å². The average molecular weight is 687 g/mol. The van der Waals surface area contributed by atoms with E-state index in [1.165, 1.54) is 54.6 Å². The lowest BCUT2D eigenvalue weighted by Crippen LogP contribution is -1.90. The molecule has 12 aromatic rings. The Morgan fingerprint density at radius 1 is 0.259 bits per heavy atom. The first-order valence-electron chi connectivity index (χ1n) is 18.5. The van der Waals surface area contributed by atoms with E-state index in [1.54, 1.807) is 0 Å². The summed E-state index contributed by atoms with van der Waals surface area (Å²) in [6.45, 7) is 0. The van der Waals surface area contributed by atoms with Crippen LogP contribution in [-0.2, 0) is 0 Å². The zero-order valence-electron chi connectivity index (χ0n) is 29.1. The van der Waals surface area contributed by atoms with Crippen LogP contribution >= 0.6 is 0 Å². The van der Waals surface area contributed by atoms with Gasteiger partial charge in [0.2, 0.25) is 0 Å². The number of fused-ring (bicyclic) bond motifs is 6. The monoisotopic (exact) mass is 686 g/mol. The minimum absolute atomic E-state index is 0.915. The van der Waals surface area contributed by atoms with Crippen LogP contribution < -0.4 is 0 Å². The van der Waals surface area contributed by atoms with Gasteiger partial charge in [-0.05, 0) is 83.9 Å². The Hall–Kier alpha value is -7.16. The van der Waals surface area contributed by atoms with Gasteiger partial charge in [0.25, 0.3) is 0 Å². The zero-order valence-corrected chi connectivity index (χ0v) is 29.1. The molecule has 0 saturated carbocycles. The van der Waals surface area contributed by atoms with Crippen molar-refractivity contribution in [3.63, 3.8) is 0 Å². The molecule has 2 heteroatoms. The van der Waals surface area contributed by atoms with E-state index in [0.717, 1.165) is 66.1 Å². The first kappa shape index (κ1) is 29.4. The number of rotatable bonds is 4. The summed E-state index contributed by atoms with van der Waals surface area (Å²) in [5.41, 5.74) is 13.0. The maximum atomic E-state index is 6.43. The quantitative estimate of drug-likeness (QED) is 0.172. The largest absolute Gasteiger partial charge is 0.455 e. The van der Waals surface area contributed by atoms with Gasteiger partial charge in [-0.25, -0.2) is 0 Å². The summed E-state index contributed by atoms with van der Waals surface area (Å²) in [5.74, 6) is 0. The number of hydrogen-bond acceptors (Lipinski definition) is 2. The Morgan fingerprint density at radius 2 is 0.685 bits per heavy atom. The van der Waals surface area contributed by atoms with Crippen molar-refractivity contribution in [2.75, 3.05) is 0 Å². The lowest BCUT2D eigenvalue weighted by molar-refractivity contribution is 0.669. The molecule has 0 unspecified atom stereocenters. The minimum atomic E-state index is 0.915. The number of furan rings is 2. The highest BCUT2D eigenvalue weighted by atomic mass is 16.3. The Labute approximate surface area is 310 Å². The van der Waals surface area contributed by atoms with Gasteiger partial charge in [0.15, 0.2) is 0 Å². The molecule has 0 spiro atoms. The second kappa shape index (κ2) is 11.2. The van der Waals surface area contributed by atoms with Crippen molar-refractivity contribution in [2.24, 2.45) is 0 Å². The Balaban J connectivity index is 0.979. The van der Waals surface area contributed by atoms with Crippen molar-refractivity contribution in [3.05, 3.63) is 182 Å². The summed E-state index contributed by atoms with van der Waals surface area (Å²) in [5, 5.41) is 12.2. The van der Waals surface area contributed by atoms with Crippen LogP contribution in [0.5, 0.6) is 0 Å². The second-order valence-electron chi connectivity index (χ2n) is 14.4. The molecule has 2 aromatic heterocycles. The topological polar surface area (TPSA) is 26.3 Å². The Kier molecular flexibility index (Phi) is 6.09. The molecule has 0 bridgehead atoms. The molecule has 0 fully saturated rings. The predicted octanol–water partition coefficient (Wildman–Crippen LogP) is 15.1. The van der Waals surface area contributed by atoms with Gasteiger partial charge in [-0.1, -0.05) is 164 Å². The van der Waals surface area contributed by atoms with Crippen LogP contribution in [0.4, 0.5) is 0 Å². The molecule has 12 rings (SSSR count). The van der Waals surface area contributed by atoms with E-state index in [-0.39, 0.29) is 0 Å². The summed E-state index contributed by atoms with van der Waals surface area (Å²) in [4.78, 5) is 0. The summed E-state index contributed by atoms with van der Waals surface area (Å²) >= 11 is 0. The van der Waals surface area contributed by atoms with Gasteiger partial charge in [-0.2, -0.15) is 0 Å². The maximum Gasteiger partial charge on any atom is 0.143 e. The van der Waals surface area contributed by atoms with E-state index in [4.69, 9.17) is 8.83 Å². The van der Waals surface area contributed by atoms with Gasteiger partial charge >= 0.3 is 0 Å². The summed E-state index contributed by atoms with van der Waals surface area (Å²) in [6, 6.07) is 65.6. The SMILES string of the molecule is c1cc(-c2ccc3ccc4c(-c5ccc(-c6cccc7c6oc6ccccc67)cc5)ccc5ccc2c3c54)cc(-c2cccc3c2oc2ccccc23)c1. The lowest BCUT2D eigenvalue weighted by atomic mass is 9.86. The average Bonchev–Trinajstić information content (AvgIpc) is 3.82. The van der Waals surface area contributed by atoms with E-state index >= 15 is 0 Å². The van der Waals surface area contributed by atoms with Crippen LogP contribution in [0.1, 0.15) is 0 Å². The molecule has 2 nitrogen and oxygen atoms in total. The third-order valence-corrected chi connectivity index (χ3v) is 11.5. The molecule has 54 heavy (non-hydrogen) atoms. The van der Waals surface area contributed by atoms with Crippen molar-refractivity contribution < 1.29 is 8.83 Å². The highest BCUT2D eigenvalue weighted by molar-refractivity contribution is 6.27. The van der Waals surface area contributed by atoms with Crippen LogP contribution in [0.25, 0.3) is 121 Å². The number of para-hydroxylation sites is 4. The molecule has 2 heterocycles. The third-order valence-electron chi connectivity index (χ3n) is 11.5. The zero-order chi connectivity index (χ0) is 35.3.